The van der Waals surface area contributed by atoms with Crippen LogP contribution in [0.1, 0.15) is 24.8 Å². The van der Waals surface area contributed by atoms with Gasteiger partial charge in [-0.2, -0.15) is 0 Å². The van der Waals surface area contributed by atoms with Gasteiger partial charge in [-0.1, -0.05) is 12.1 Å². The number of benzene rings is 1. The predicted octanol–water partition coefficient (Wildman–Crippen LogP) is 1.70. The van der Waals surface area contributed by atoms with E-state index in [1.165, 1.54) is 12.1 Å². The smallest absolute Gasteiger partial charge is 0.225 e. The van der Waals surface area contributed by atoms with Crippen molar-refractivity contribution >= 4 is 5.91 Å². The molecule has 1 aliphatic rings. The van der Waals surface area contributed by atoms with Crippen molar-refractivity contribution in [3.05, 3.63) is 35.6 Å². The maximum absolute atomic E-state index is 13.4. The minimum absolute atomic E-state index is 0.0476. The molecule has 1 heterocycles. The Kier molecular flexibility index (Phi) is 6.95. The summed E-state index contributed by atoms with van der Waals surface area (Å²) < 4.78 is 24.2. The molecule has 2 atom stereocenters. The third-order valence-electron chi connectivity index (χ3n) is 4.06. The lowest BCUT2D eigenvalue weighted by Gasteiger charge is -2.27. The van der Waals surface area contributed by atoms with E-state index in [1.807, 2.05) is 6.07 Å². The normalized spacial score (nSPS) is 18.8. The third kappa shape index (κ3) is 5.57. The average Bonchev–Trinajstić information content (AvgIpc) is 3.05. The fourth-order valence-corrected chi connectivity index (χ4v) is 2.73. The first-order valence-corrected chi connectivity index (χ1v) is 7.99. The molecule has 2 unspecified atom stereocenters. The number of amides is 1. The van der Waals surface area contributed by atoms with Crippen LogP contribution in [0.3, 0.4) is 0 Å². The van der Waals surface area contributed by atoms with Crippen molar-refractivity contribution in [1.29, 1.82) is 0 Å². The molecule has 128 valence electrons. The van der Waals surface area contributed by atoms with Gasteiger partial charge >= 0.3 is 0 Å². The Morgan fingerprint density at radius 2 is 2.39 bits per heavy atom. The minimum atomic E-state index is -0.304. The van der Waals surface area contributed by atoms with Gasteiger partial charge in [0.05, 0.1) is 18.6 Å². The SMILES string of the molecule is COC(CN)CC(=O)N(Cc1cccc(F)c1)CC1CCCO1. The number of hydrogen-bond acceptors (Lipinski definition) is 4. The summed E-state index contributed by atoms with van der Waals surface area (Å²) in [6, 6.07) is 6.31. The molecule has 0 aromatic heterocycles. The van der Waals surface area contributed by atoms with E-state index in [9.17, 15) is 9.18 Å². The van der Waals surface area contributed by atoms with E-state index in [1.54, 1.807) is 18.1 Å². The highest BCUT2D eigenvalue weighted by molar-refractivity contribution is 5.76. The largest absolute Gasteiger partial charge is 0.380 e. The second kappa shape index (κ2) is 8.96. The van der Waals surface area contributed by atoms with Crippen molar-refractivity contribution in [1.82, 2.24) is 4.90 Å². The highest BCUT2D eigenvalue weighted by Gasteiger charge is 2.24. The standard InChI is InChI=1S/C17H25FN2O3/c1-22-16(10-19)9-17(21)20(12-15-6-3-7-23-15)11-13-4-2-5-14(18)8-13/h2,4-5,8,15-16H,3,6-7,9-12,19H2,1H3. The molecular formula is C17H25FN2O3. The Morgan fingerprint density at radius 3 is 3.00 bits per heavy atom. The van der Waals surface area contributed by atoms with Crippen LogP contribution in [0.4, 0.5) is 4.39 Å². The summed E-state index contributed by atoms with van der Waals surface area (Å²) in [5.41, 5.74) is 6.36. The molecule has 0 radical (unpaired) electrons. The summed E-state index contributed by atoms with van der Waals surface area (Å²) in [4.78, 5) is 14.3. The monoisotopic (exact) mass is 324 g/mol. The Hall–Kier alpha value is -1.50. The van der Waals surface area contributed by atoms with Crippen molar-refractivity contribution in [3.8, 4) is 0 Å². The van der Waals surface area contributed by atoms with Gasteiger partial charge in [0.2, 0.25) is 5.91 Å². The summed E-state index contributed by atoms with van der Waals surface area (Å²) in [5, 5.41) is 0. The zero-order valence-electron chi connectivity index (χ0n) is 13.5. The Labute approximate surface area is 136 Å². The molecule has 1 aromatic carbocycles. The molecule has 23 heavy (non-hydrogen) atoms. The van der Waals surface area contributed by atoms with Gasteiger partial charge in [0.15, 0.2) is 0 Å². The van der Waals surface area contributed by atoms with Gasteiger partial charge < -0.3 is 20.1 Å². The first-order valence-electron chi connectivity index (χ1n) is 7.99. The minimum Gasteiger partial charge on any atom is -0.380 e. The number of nitrogens with zero attached hydrogens (tertiary/aromatic N) is 1. The lowest BCUT2D eigenvalue weighted by Crippen LogP contribution is -2.39. The number of halogens is 1. The van der Waals surface area contributed by atoms with E-state index in [2.05, 4.69) is 0 Å². The molecule has 0 saturated carbocycles. The lowest BCUT2D eigenvalue weighted by molar-refractivity contribution is -0.135. The van der Waals surface area contributed by atoms with Crippen LogP contribution in [0.2, 0.25) is 0 Å². The number of nitrogens with two attached hydrogens (primary N) is 1. The van der Waals surface area contributed by atoms with Crippen LogP contribution in [0.5, 0.6) is 0 Å². The number of carbonyl (C=O) groups excluding carboxylic acids is 1. The van der Waals surface area contributed by atoms with Crippen molar-refractivity contribution in [2.45, 2.75) is 38.0 Å². The quantitative estimate of drug-likeness (QED) is 0.790. The topological polar surface area (TPSA) is 64.8 Å². The van der Waals surface area contributed by atoms with E-state index in [-0.39, 0.29) is 36.9 Å². The lowest BCUT2D eigenvalue weighted by atomic mass is 10.1. The summed E-state index contributed by atoms with van der Waals surface area (Å²) in [5.74, 6) is -0.356. The number of methoxy groups -OCH3 is 1. The summed E-state index contributed by atoms with van der Waals surface area (Å²) in [7, 11) is 1.54. The summed E-state index contributed by atoms with van der Waals surface area (Å²) in [6.45, 7) is 1.89. The predicted molar refractivity (Wildman–Crippen MR) is 85.3 cm³/mol. The Bertz CT molecular complexity index is 502. The number of rotatable bonds is 8. The van der Waals surface area contributed by atoms with Gasteiger partial charge in [-0.3, -0.25) is 4.79 Å². The van der Waals surface area contributed by atoms with Gasteiger partial charge in [0, 0.05) is 33.4 Å². The molecule has 0 bridgehead atoms. The zero-order valence-corrected chi connectivity index (χ0v) is 13.5. The molecule has 6 heteroatoms. The van der Waals surface area contributed by atoms with Gasteiger partial charge in [-0.25, -0.2) is 4.39 Å². The highest BCUT2D eigenvalue weighted by Crippen LogP contribution is 2.17. The van der Waals surface area contributed by atoms with E-state index in [0.717, 1.165) is 25.0 Å². The van der Waals surface area contributed by atoms with Gasteiger partial charge in [-0.15, -0.1) is 0 Å². The molecule has 1 saturated heterocycles. The van der Waals surface area contributed by atoms with Crippen LogP contribution < -0.4 is 5.73 Å². The fraction of sp³-hybridized carbons (Fsp3) is 0.588. The second-order valence-corrected chi connectivity index (χ2v) is 5.84. The van der Waals surface area contributed by atoms with E-state index < -0.39 is 0 Å². The van der Waals surface area contributed by atoms with Crippen LogP contribution >= 0.6 is 0 Å². The third-order valence-corrected chi connectivity index (χ3v) is 4.06. The molecule has 1 amide bonds. The summed E-state index contributed by atoms with van der Waals surface area (Å²) in [6.07, 6.45) is 1.91. The highest BCUT2D eigenvalue weighted by atomic mass is 19.1. The van der Waals surface area contributed by atoms with Gasteiger partial charge in [0.25, 0.3) is 0 Å². The molecule has 0 spiro atoms. The molecule has 2 N–H and O–H groups in total. The fourth-order valence-electron chi connectivity index (χ4n) is 2.73. The maximum atomic E-state index is 13.4. The Morgan fingerprint density at radius 1 is 1.57 bits per heavy atom. The molecule has 0 aliphatic carbocycles. The molecule has 1 aromatic rings. The van der Waals surface area contributed by atoms with Crippen LogP contribution in [0.25, 0.3) is 0 Å². The first kappa shape index (κ1) is 17.8. The van der Waals surface area contributed by atoms with Gasteiger partial charge in [0.1, 0.15) is 5.82 Å². The van der Waals surface area contributed by atoms with Crippen molar-refractivity contribution in [2.75, 3.05) is 26.8 Å². The van der Waals surface area contributed by atoms with Crippen LogP contribution in [-0.4, -0.2) is 49.8 Å². The van der Waals surface area contributed by atoms with Crippen LogP contribution in [-0.2, 0) is 20.8 Å². The first-order chi connectivity index (χ1) is 11.1. The number of hydrogen-bond donors (Lipinski definition) is 1. The molecule has 1 aliphatic heterocycles. The summed E-state index contributed by atoms with van der Waals surface area (Å²) >= 11 is 0. The van der Waals surface area contributed by atoms with E-state index in [4.69, 9.17) is 15.2 Å². The van der Waals surface area contributed by atoms with Crippen molar-refractivity contribution in [3.63, 3.8) is 0 Å². The average molecular weight is 324 g/mol. The molecule has 5 nitrogen and oxygen atoms in total. The second-order valence-electron chi connectivity index (χ2n) is 5.84. The Balaban J connectivity index is 2.05. The van der Waals surface area contributed by atoms with Crippen molar-refractivity contribution < 1.29 is 18.7 Å². The number of carbonyl (C=O) groups is 1. The molecular weight excluding hydrogens is 299 g/mol. The number of ether oxygens (including phenoxy) is 2. The van der Waals surface area contributed by atoms with Crippen molar-refractivity contribution in [2.24, 2.45) is 5.73 Å². The van der Waals surface area contributed by atoms with E-state index in [0.29, 0.717) is 13.1 Å². The van der Waals surface area contributed by atoms with Gasteiger partial charge in [-0.05, 0) is 30.5 Å². The van der Waals surface area contributed by atoms with Crippen LogP contribution in [0, 0.1) is 5.82 Å². The van der Waals surface area contributed by atoms with Crippen LogP contribution in [0.15, 0.2) is 24.3 Å². The van der Waals surface area contributed by atoms with E-state index >= 15 is 0 Å². The zero-order chi connectivity index (χ0) is 16.7. The maximum Gasteiger partial charge on any atom is 0.225 e. The molecule has 1 fully saturated rings. The molecule has 2 rings (SSSR count).